The minimum atomic E-state index is -0.662. The number of H-pyrrole nitrogens is 1. The standard InChI is InChI=1S/C11H8FNO3/c1-16-11(15)7-5-13-10(14)9-6(7)3-2-4-8(9)12/h2-5H,1H3,(H,13,14). The highest BCUT2D eigenvalue weighted by molar-refractivity contribution is 6.03. The molecule has 2 aromatic rings. The summed E-state index contributed by atoms with van der Waals surface area (Å²) in [4.78, 5) is 25.1. The minimum Gasteiger partial charge on any atom is -0.465 e. The third-order valence-corrected chi connectivity index (χ3v) is 2.28. The molecular weight excluding hydrogens is 213 g/mol. The van der Waals surface area contributed by atoms with Crippen LogP contribution < -0.4 is 5.56 Å². The second kappa shape index (κ2) is 3.77. The molecule has 0 aliphatic rings. The van der Waals surface area contributed by atoms with Gasteiger partial charge in [-0.15, -0.1) is 0 Å². The maximum absolute atomic E-state index is 13.4. The van der Waals surface area contributed by atoms with Gasteiger partial charge in [0.25, 0.3) is 5.56 Å². The van der Waals surface area contributed by atoms with Crippen molar-refractivity contribution in [1.29, 1.82) is 0 Å². The normalized spacial score (nSPS) is 10.4. The lowest BCUT2D eigenvalue weighted by molar-refractivity contribution is 0.0602. The van der Waals surface area contributed by atoms with E-state index in [0.717, 1.165) is 0 Å². The molecule has 0 aliphatic carbocycles. The number of aromatic amines is 1. The largest absolute Gasteiger partial charge is 0.465 e. The fourth-order valence-corrected chi connectivity index (χ4v) is 1.55. The Balaban J connectivity index is 2.90. The Labute approximate surface area is 89.7 Å². The first-order valence-electron chi connectivity index (χ1n) is 4.53. The van der Waals surface area contributed by atoms with Crippen LogP contribution in [0.15, 0.2) is 29.2 Å². The molecule has 0 fully saturated rings. The van der Waals surface area contributed by atoms with Crippen molar-refractivity contribution < 1.29 is 13.9 Å². The van der Waals surface area contributed by atoms with Crippen molar-refractivity contribution in [1.82, 2.24) is 4.98 Å². The number of halogens is 1. The summed E-state index contributed by atoms with van der Waals surface area (Å²) >= 11 is 0. The van der Waals surface area contributed by atoms with Crippen LogP contribution in [0.1, 0.15) is 10.4 Å². The van der Waals surface area contributed by atoms with Crippen LogP contribution >= 0.6 is 0 Å². The van der Waals surface area contributed by atoms with Crippen molar-refractivity contribution >= 4 is 16.7 Å². The van der Waals surface area contributed by atoms with E-state index >= 15 is 0 Å². The molecule has 0 bridgehead atoms. The predicted octanol–water partition coefficient (Wildman–Crippen LogP) is 1.45. The van der Waals surface area contributed by atoms with Crippen LogP contribution in [0.3, 0.4) is 0 Å². The molecule has 0 amide bonds. The molecule has 1 N–H and O–H groups in total. The van der Waals surface area contributed by atoms with E-state index in [-0.39, 0.29) is 16.3 Å². The van der Waals surface area contributed by atoms with Gasteiger partial charge in [-0.05, 0) is 6.07 Å². The molecule has 16 heavy (non-hydrogen) atoms. The molecule has 0 radical (unpaired) electrons. The van der Waals surface area contributed by atoms with E-state index in [1.807, 2.05) is 0 Å². The average Bonchev–Trinajstić information content (AvgIpc) is 2.28. The molecule has 4 nitrogen and oxygen atoms in total. The number of methoxy groups -OCH3 is 1. The summed E-state index contributed by atoms with van der Waals surface area (Å²) in [6, 6.07) is 4.10. The fraction of sp³-hybridized carbons (Fsp3) is 0.0909. The summed E-state index contributed by atoms with van der Waals surface area (Å²) < 4.78 is 18.0. The van der Waals surface area contributed by atoms with Crippen molar-refractivity contribution in [3.63, 3.8) is 0 Å². The van der Waals surface area contributed by atoms with Gasteiger partial charge >= 0.3 is 5.97 Å². The molecule has 1 heterocycles. The SMILES string of the molecule is COC(=O)c1c[nH]c(=O)c2c(F)cccc12. The summed E-state index contributed by atoms with van der Waals surface area (Å²) in [5.74, 6) is -1.28. The monoisotopic (exact) mass is 221 g/mol. The number of hydrogen-bond donors (Lipinski definition) is 1. The summed E-state index contributed by atoms with van der Waals surface area (Å²) in [7, 11) is 1.22. The third kappa shape index (κ3) is 1.46. The molecule has 5 heteroatoms. The second-order valence-corrected chi connectivity index (χ2v) is 3.19. The number of esters is 1. The highest BCUT2D eigenvalue weighted by Crippen LogP contribution is 2.17. The molecule has 0 saturated carbocycles. The maximum Gasteiger partial charge on any atom is 0.339 e. The van der Waals surface area contributed by atoms with Crippen LogP contribution in [0.2, 0.25) is 0 Å². The molecule has 0 saturated heterocycles. The van der Waals surface area contributed by atoms with Gasteiger partial charge in [-0.25, -0.2) is 9.18 Å². The molecule has 2 rings (SSSR count). The van der Waals surface area contributed by atoms with Gasteiger partial charge in [0, 0.05) is 11.6 Å². The first-order chi connectivity index (χ1) is 7.65. The van der Waals surface area contributed by atoms with Crippen molar-refractivity contribution in [3.8, 4) is 0 Å². The number of rotatable bonds is 1. The van der Waals surface area contributed by atoms with Crippen molar-refractivity contribution in [2.24, 2.45) is 0 Å². The van der Waals surface area contributed by atoms with Gasteiger partial charge in [0.15, 0.2) is 0 Å². The van der Waals surface area contributed by atoms with E-state index in [0.29, 0.717) is 0 Å². The second-order valence-electron chi connectivity index (χ2n) is 3.19. The van der Waals surface area contributed by atoms with Gasteiger partial charge in [-0.2, -0.15) is 0 Å². The number of hydrogen-bond acceptors (Lipinski definition) is 3. The predicted molar refractivity (Wildman–Crippen MR) is 55.9 cm³/mol. The Morgan fingerprint density at radius 2 is 2.19 bits per heavy atom. The van der Waals surface area contributed by atoms with Gasteiger partial charge in [-0.3, -0.25) is 4.79 Å². The first-order valence-corrected chi connectivity index (χ1v) is 4.53. The molecule has 82 valence electrons. The Bertz CT molecular complexity index is 618. The van der Waals surface area contributed by atoms with E-state index in [1.54, 1.807) is 0 Å². The average molecular weight is 221 g/mol. The zero-order chi connectivity index (χ0) is 11.7. The van der Waals surface area contributed by atoms with Crippen LogP contribution in [0.4, 0.5) is 4.39 Å². The summed E-state index contributed by atoms with van der Waals surface area (Å²) in [5.41, 5.74) is -0.433. The highest BCUT2D eigenvalue weighted by Gasteiger charge is 2.14. The lowest BCUT2D eigenvalue weighted by Gasteiger charge is -2.04. The molecule has 0 unspecified atom stereocenters. The van der Waals surface area contributed by atoms with Gasteiger partial charge in [0.1, 0.15) is 5.82 Å². The maximum atomic E-state index is 13.4. The Morgan fingerprint density at radius 1 is 1.44 bits per heavy atom. The van der Waals surface area contributed by atoms with E-state index in [2.05, 4.69) is 9.72 Å². The third-order valence-electron chi connectivity index (χ3n) is 2.28. The number of fused-ring (bicyclic) bond motifs is 1. The molecule has 1 aromatic heterocycles. The lowest BCUT2D eigenvalue weighted by atomic mass is 10.1. The van der Waals surface area contributed by atoms with E-state index in [4.69, 9.17) is 0 Å². The quantitative estimate of drug-likeness (QED) is 0.741. The van der Waals surface area contributed by atoms with Crippen molar-refractivity contribution in [2.45, 2.75) is 0 Å². The molecule has 0 spiro atoms. The highest BCUT2D eigenvalue weighted by atomic mass is 19.1. The van der Waals surface area contributed by atoms with E-state index < -0.39 is 17.3 Å². The number of pyridine rings is 1. The van der Waals surface area contributed by atoms with Crippen LogP contribution in [-0.2, 0) is 4.74 Å². The minimum absolute atomic E-state index is 0.134. The van der Waals surface area contributed by atoms with Crippen molar-refractivity contribution in [3.05, 3.63) is 46.1 Å². The smallest absolute Gasteiger partial charge is 0.339 e. The van der Waals surface area contributed by atoms with Gasteiger partial charge < -0.3 is 9.72 Å². The fourth-order valence-electron chi connectivity index (χ4n) is 1.55. The summed E-state index contributed by atoms with van der Waals surface area (Å²) in [6.07, 6.45) is 1.22. The van der Waals surface area contributed by atoms with E-state index in [9.17, 15) is 14.0 Å². The zero-order valence-corrected chi connectivity index (χ0v) is 8.41. The van der Waals surface area contributed by atoms with Gasteiger partial charge in [-0.1, -0.05) is 12.1 Å². The van der Waals surface area contributed by atoms with Gasteiger partial charge in [0.05, 0.1) is 18.1 Å². The lowest BCUT2D eigenvalue weighted by Crippen LogP contribution is -2.12. The Morgan fingerprint density at radius 3 is 2.88 bits per heavy atom. The van der Waals surface area contributed by atoms with Crippen LogP contribution in [0, 0.1) is 5.82 Å². The molecule has 0 aliphatic heterocycles. The number of aromatic nitrogens is 1. The topological polar surface area (TPSA) is 59.2 Å². The molecular formula is C11H8FNO3. The molecule has 0 atom stereocenters. The Kier molecular flexibility index (Phi) is 2.44. The number of nitrogens with one attached hydrogen (secondary N) is 1. The van der Waals surface area contributed by atoms with Gasteiger partial charge in [0.2, 0.25) is 0 Å². The molecule has 1 aromatic carbocycles. The van der Waals surface area contributed by atoms with E-state index in [1.165, 1.54) is 31.5 Å². The van der Waals surface area contributed by atoms with Crippen molar-refractivity contribution in [2.75, 3.05) is 7.11 Å². The van der Waals surface area contributed by atoms with Crippen LogP contribution in [0.25, 0.3) is 10.8 Å². The number of carbonyl (C=O) groups is 1. The summed E-state index contributed by atoms with van der Waals surface area (Å²) in [5, 5.41) is 0.112. The number of benzene rings is 1. The summed E-state index contributed by atoms with van der Waals surface area (Å²) in [6.45, 7) is 0. The van der Waals surface area contributed by atoms with Crippen LogP contribution in [-0.4, -0.2) is 18.1 Å². The van der Waals surface area contributed by atoms with Crippen LogP contribution in [0.5, 0.6) is 0 Å². The zero-order valence-electron chi connectivity index (χ0n) is 8.41. The Hall–Kier alpha value is -2.17. The number of ether oxygens (including phenoxy) is 1. The first kappa shape index (κ1) is 10.4. The number of carbonyl (C=O) groups excluding carboxylic acids is 1.